The fraction of sp³-hybridized carbons (Fsp3) is 0.667. The van der Waals surface area contributed by atoms with Crippen LogP contribution in [0.4, 0.5) is 4.79 Å². The van der Waals surface area contributed by atoms with Crippen LogP contribution in [0.25, 0.3) is 0 Å². The first kappa shape index (κ1) is 6.74. The third-order valence-corrected chi connectivity index (χ3v) is 2.81. The quantitative estimate of drug-likeness (QED) is 0.521. The molecule has 1 rings (SSSR count). The number of hydrogen-bond acceptors (Lipinski definition) is 5. The molecule has 0 atom stereocenters. The van der Waals surface area contributed by atoms with Crippen molar-refractivity contribution in [2.24, 2.45) is 0 Å². The summed E-state index contributed by atoms with van der Waals surface area (Å²) >= 11 is 0. The van der Waals surface area contributed by atoms with Crippen molar-refractivity contribution in [3.8, 4) is 0 Å². The maximum absolute atomic E-state index is 10.00. The van der Waals surface area contributed by atoms with Gasteiger partial charge in [0.1, 0.15) is 0 Å². The van der Waals surface area contributed by atoms with Crippen molar-refractivity contribution >= 4 is 13.4 Å². The van der Waals surface area contributed by atoms with Gasteiger partial charge in [0, 0.05) is 0 Å². The fourth-order valence-corrected chi connectivity index (χ4v) is 1.34. The first-order chi connectivity index (χ1) is 3.94. The number of carbonyl (C=O) groups is 1. The van der Waals surface area contributed by atoms with E-state index in [2.05, 4.69) is 9.05 Å². The van der Waals surface area contributed by atoms with Crippen molar-refractivity contribution in [1.29, 1.82) is 0 Å². The molecule has 1 aliphatic heterocycles. The Balaban J connectivity index is 2.67. The van der Waals surface area contributed by atoms with Crippen LogP contribution in [-0.2, 0) is 9.05 Å². The molecule has 1 fully saturated rings. The van der Waals surface area contributed by atoms with E-state index in [1.54, 1.807) is 0 Å². The Morgan fingerprint density at radius 1 is 1.67 bits per heavy atom. The van der Waals surface area contributed by atoms with Gasteiger partial charge in [0.15, 0.2) is 0 Å². The summed E-state index contributed by atoms with van der Waals surface area (Å²) in [7, 11) is -3.78. The van der Waals surface area contributed by atoms with Crippen LogP contribution in [-0.4, -0.2) is 29.2 Å². The third-order valence-electron chi connectivity index (χ3n) is 0.937. The number of hydrogen-bond donors (Lipinski definition) is 2. The van der Waals surface area contributed by atoms with Gasteiger partial charge in [0.05, 0.1) is 0 Å². The van der Waals surface area contributed by atoms with Gasteiger partial charge in [0.25, 0.3) is 0 Å². The molecular weight excluding hydrogens is 147 g/mol. The molecule has 54 valence electrons. The van der Waals surface area contributed by atoms with Crippen molar-refractivity contribution < 1.29 is 23.8 Å². The minimum atomic E-state index is -3.78. The van der Waals surface area contributed by atoms with E-state index in [1.165, 1.54) is 6.66 Å². The van der Waals surface area contributed by atoms with Crippen molar-refractivity contribution in [1.82, 2.24) is 0 Å². The van der Waals surface area contributed by atoms with Gasteiger partial charge in [-0.15, -0.1) is 0 Å². The summed E-state index contributed by atoms with van der Waals surface area (Å²) in [6, 6.07) is 0. The molecule has 0 aliphatic carbocycles. The van der Waals surface area contributed by atoms with E-state index in [4.69, 9.17) is 10.00 Å². The summed E-state index contributed by atoms with van der Waals surface area (Å²) in [4.78, 5) is 19.1. The number of rotatable bonds is 1. The van der Waals surface area contributed by atoms with Crippen LogP contribution in [0.15, 0.2) is 0 Å². The zero-order chi connectivity index (χ0) is 7.15. The van der Waals surface area contributed by atoms with Gasteiger partial charge in [-0.3, -0.25) is 0 Å². The maximum atomic E-state index is 10.00. The molecule has 5 nitrogen and oxygen atoms in total. The standard InChI is InChI=1S/C3H7O5P/c1-9(6,2-4)7-3(5)8-9/h4,6H,2H2,1H3. The molecule has 0 bridgehead atoms. The number of aliphatic hydroxyl groups excluding tert-OH is 1. The monoisotopic (exact) mass is 154 g/mol. The molecular formula is C3H7O5P. The number of aliphatic hydroxyl groups is 1. The molecule has 1 heterocycles. The summed E-state index contributed by atoms with van der Waals surface area (Å²) < 4.78 is 8.48. The molecule has 0 spiro atoms. The van der Waals surface area contributed by atoms with Crippen LogP contribution < -0.4 is 0 Å². The zero-order valence-corrected chi connectivity index (χ0v) is 5.67. The van der Waals surface area contributed by atoms with Crippen molar-refractivity contribution in [3.63, 3.8) is 0 Å². The third kappa shape index (κ3) is 0.986. The molecule has 0 aromatic heterocycles. The Bertz CT molecular complexity index is 152. The molecule has 0 aromatic rings. The van der Waals surface area contributed by atoms with Crippen molar-refractivity contribution in [2.75, 3.05) is 13.0 Å². The van der Waals surface area contributed by atoms with Crippen molar-refractivity contribution in [3.05, 3.63) is 0 Å². The second-order valence-electron chi connectivity index (χ2n) is 2.09. The second-order valence-corrected chi connectivity index (χ2v) is 5.78. The van der Waals surface area contributed by atoms with Crippen molar-refractivity contribution in [2.45, 2.75) is 0 Å². The average molecular weight is 154 g/mol. The first-order valence-corrected chi connectivity index (χ1v) is 4.91. The van der Waals surface area contributed by atoms with E-state index in [-0.39, 0.29) is 0 Å². The van der Waals surface area contributed by atoms with Gasteiger partial charge in [-0.05, 0) is 0 Å². The van der Waals surface area contributed by atoms with E-state index in [9.17, 15) is 4.79 Å². The molecule has 0 aromatic carbocycles. The molecule has 0 unspecified atom stereocenters. The van der Waals surface area contributed by atoms with E-state index in [1.807, 2.05) is 0 Å². The second kappa shape index (κ2) is 1.37. The van der Waals surface area contributed by atoms with Gasteiger partial charge in [-0.2, -0.15) is 0 Å². The summed E-state index contributed by atoms with van der Waals surface area (Å²) in [5.41, 5.74) is 0. The summed E-state index contributed by atoms with van der Waals surface area (Å²) in [5, 5.41) is 8.43. The van der Waals surface area contributed by atoms with Gasteiger partial charge < -0.3 is 0 Å². The normalized spacial score (nSPS) is 32.3. The predicted octanol–water partition coefficient (Wildman–Crippen LogP) is 0.0234. The van der Waals surface area contributed by atoms with Crippen LogP contribution in [0.2, 0.25) is 0 Å². The van der Waals surface area contributed by atoms with Crippen LogP contribution in [0.1, 0.15) is 0 Å². The van der Waals surface area contributed by atoms with Crippen LogP contribution in [0, 0.1) is 0 Å². The fourth-order valence-electron chi connectivity index (χ4n) is 0.447. The Morgan fingerprint density at radius 3 is 2.22 bits per heavy atom. The van der Waals surface area contributed by atoms with E-state index in [0.717, 1.165) is 0 Å². The zero-order valence-electron chi connectivity index (χ0n) is 4.77. The van der Waals surface area contributed by atoms with Gasteiger partial charge in [-0.1, -0.05) is 0 Å². The van der Waals surface area contributed by atoms with Crippen LogP contribution in [0.3, 0.4) is 0 Å². The van der Waals surface area contributed by atoms with E-state index in [0.29, 0.717) is 0 Å². The molecule has 0 amide bonds. The summed E-state index contributed by atoms with van der Waals surface area (Å²) in [6.07, 6.45) is -1.57. The molecule has 2 N–H and O–H groups in total. The Hall–Kier alpha value is -0.380. The van der Waals surface area contributed by atoms with Crippen LogP contribution >= 0.6 is 7.28 Å². The molecule has 1 saturated heterocycles. The van der Waals surface area contributed by atoms with E-state index < -0.39 is 19.8 Å². The molecule has 6 heteroatoms. The molecule has 0 radical (unpaired) electrons. The Kier molecular flexibility index (Phi) is 1.02. The SMILES string of the molecule is CP1(O)(CO)OC(=O)O1. The Morgan fingerprint density at radius 2 is 2.11 bits per heavy atom. The van der Waals surface area contributed by atoms with Crippen LogP contribution in [0.5, 0.6) is 0 Å². The molecule has 9 heavy (non-hydrogen) atoms. The predicted molar refractivity (Wildman–Crippen MR) is 29.7 cm³/mol. The summed E-state index contributed by atoms with van der Waals surface area (Å²) in [6.45, 7) is 1.19. The minimum absolute atomic E-state index is 0.642. The number of carbonyl (C=O) groups excluding carboxylic acids is 1. The van der Waals surface area contributed by atoms with Gasteiger partial charge in [0.2, 0.25) is 0 Å². The summed E-state index contributed by atoms with van der Waals surface area (Å²) in [5.74, 6) is 0. The Labute approximate surface area is 51.4 Å². The molecule has 0 saturated carbocycles. The van der Waals surface area contributed by atoms with E-state index >= 15 is 0 Å². The van der Waals surface area contributed by atoms with Gasteiger partial charge >= 0.3 is 50.3 Å². The first-order valence-electron chi connectivity index (χ1n) is 2.26. The van der Waals surface area contributed by atoms with Gasteiger partial charge in [-0.25, -0.2) is 0 Å². The average Bonchev–Trinajstić information content (AvgIpc) is 1.63. The molecule has 1 aliphatic rings. The topological polar surface area (TPSA) is 76.0 Å².